The van der Waals surface area contributed by atoms with Crippen LogP contribution in [0.25, 0.3) is 0 Å². The molecule has 1 N–H and O–H groups in total. The largest absolute Gasteiger partial charge is 0.573 e. The molecule has 0 atom stereocenters. The van der Waals surface area contributed by atoms with Gasteiger partial charge in [0.25, 0.3) is 0 Å². The first kappa shape index (κ1) is 13.3. The predicted molar refractivity (Wildman–Crippen MR) is 56.1 cm³/mol. The maximum absolute atomic E-state index is 12.1. The highest BCUT2D eigenvalue weighted by Gasteiger charge is 2.34. The van der Waals surface area contributed by atoms with Crippen LogP contribution in [0.2, 0.25) is 0 Å². The lowest BCUT2D eigenvalue weighted by Crippen LogP contribution is -2.19. The number of aliphatic hydroxyl groups is 1. The molecule has 1 aromatic rings. The molecule has 0 unspecified atom stereocenters. The van der Waals surface area contributed by atoms with Crippen LogP contribution in [0.15, 0.2) is 6.07 Å². The molecule has 1 aromatic heterocycles. The molecule has 0 bridgehead atoms. The smallest absolute Gasteiger partial charge is 0.493 e. The van der Waals surface area contributed by atoms with Crippen molar-refractivity contribution in [2.45, 2.75) is 13.0 Å². The summed E-state index contributed by atoms with van der Waals surface area (Å²) in [5.41, 5.74) is 0.204. The summed E-state index contributed by atoms with van der Waals surface area (Å²) in [6.07, 6.45) is -4.81. The molecule has 16 heavy (non-hydrogen) atoms. The standard InChI is InChI=1S/C8H7F3INO3/c1-15-5-2-4(3-14)13-7(12)6(5)16-8(9,10)11/h2,14H,3H2,1H3. The van der Waals surface area contributed by atoms with Crippen molar-refractivity contribution >= 4 is 22.6 Å². The SMILES string of the molecule is COc1cc(CO)nc(I)c1OC(F)(F)F. The summed E-state index contributed by atoms with van der Waals surface area (Å²) in [5, 5.41) is 8.82. The molecule has 0 radical (unpaired) electrons. The molecule has 0 aromatic carbocycles. The van der Waals surface area contributed by atoms with Crippen molar-refractivity contribution in [3.8, 4) is 11.5 Å². The number of pyridine rings is 1. The van der Waals surface area contributed by atoms with E-state index in [1.165, 1.54) is 13.2 Å². The molecule has 0 fully saturated rings. The summed E-state index contributed by atoms with van der Waals surface area (Å²) in [4.78, 5) is 3.72. The lowest BCUT2D eigenvalue weighted by atomic mass is 10.3. The monoisotopic (exact) mass is 349 g/mol. The first-order chi connectivity index (χ1) is 7.37. The van der Waals surface area contributed by atoms with Crippen LogP contribution < -0.4 is 9.47 Å². The average Bonchev–Trinajstić information content (AvgIpc) is 2.19. The quantitative estimate of drug-likeness (QED) is 0.671. The molecular weight excluding hydrogens is 342 g/mol. The van der Waals surface area contributed by atoms with Crippen molar-refractivity contribution in [2.24, 2.45) is 0 Å². The number of nitrogens with zero attached hydrogens (tertiary/aromatic N) is 1. The van der Waals surface area contributed by atoms with Gasteiger partial charge in [0.15, 0.2) is 5.75 Å². The Morgan fingerprint density at radius 2 is 2.12 bits per heavy atom. The molecule has 0 amide bonds. The predicted octanol–water partition coefficient (Wildman–Crippen LogP) is 2.09. The van der Waals surface area contributed by atoms with Gasteiger partial charge in [-0.2, -0.15) is 0 Å². The van der Waals surface area contributed by atoms with E-state index in [1.54, 1.807) is 22.6 Å². The molecule has 0 saturated carbocycles. The van der Waals surface area contributed by atoms with E-state index < -0.39 is 18.7 Å². The Balaban J connectivity index is 3.16. The second-order valence-corrected chi connectivity index (χ2v) is 3.66. The second kappa shape index (κ2) is 5.04. The third-order valence-electron chi connectivity index (χ3n) is 1.55. The maximum Gasteiger partial charge on any atom is 0.573 e. The van der Waals surface area contributed by atoms with Gasteiger partial charge >= 0.3 is 6.36 Å². The van der Waals surface area contributed by atoms with E-state index in [-0.39, 0.29) is 15.1 Å². The van der Waals surface area contributed by atoms with E-state index in [0.717, 1.165) is 0 Å². The minimum atomic E-state index is -4.81. The third kappa shape index (κ3) is 3.37. The van der Waals surface area contributed by atoms with Gasteiger partial charge in [-0.1, -0.05) is 0 Å². The van der Waals surface area contributed by atoms with Crippen LogP contribution in [-0.4, -0.2) is 23.6 Å². The summed E-state index contributed by atoms with van der Waals surface area (Å²) in [6.45, 7) is -0.390. The minimum absolute atomic E-state index is 0.0293. The van der Waals surface area contributed by atoms with Crippen LogP contribution in [0.4, 0.5) is 13.2 Å². The first-order valence-electron chi connectivity index (χ1n) is 3.97. The molecule has 1 rings (SSSR count). The van der Waals surface area contributed by atoms with Gasteiger partial charge in [-0.05, 0) is 22.6 Å². The summed E-state index contributed by atoms with van der Waals surface area (Å²) < 4.78 is 44.7. The van der Waals surface area contributed by atoms with E-state index in [2.05, 4.69) is 9.72 Å². The van der Waals surface area contributed by atoms with Crippen molar-refractivity contribution in [3.63, 3.8) is 0 Å². The van der Waals surface area contributed by atoms with E-state index in [0.29, 0.717) is 0 Å². The molecule has 0 saturated heterocycles. The number of rotatable bonds is 3. The second-order valence-electron chi connectivity index (χ2n) is 2.64. The van der Waals surface area contributed by atoms with Crippen molar-refractivity contribution in [1.82, 2.24) is 4.98 Å². The number of hydrogen-bond acceptors (Lipinski definition) is 4. The fourth-order valence-electron chi connectivity index (χ4n) is 0.968. The lowest BCUT2D eigenvalue weighted by Gasteiger charge is -2.14. The highest BCUT2D eigenvalue weighted by molar-refractivity contribution is 14.1. The number of methoxy groups -OCH3 is 1. The highest BCUT2D eigenvalue weighted by atomic mass is 127. The molecule has 90 valence electrons. The number of aromatic nitrogens is 1. The number of aliphatic hydroxyl groups excluding tert-OH is 1. The van der Waals surface area contributed by atoms with Crippen molar-refractivity contribution < 1.29 is 27.8 Å². The lowest BCUT2D eigenvalue weighted by molar-refractivity contribution is -0.275. The highest BCUT2D eigenvalue weighted by Crippen LogP contribution is 2.35. The van der Waals surface area contributed by atoms with Gasteiger partial charge in [-0.3, -0.25) is 0 Å². The van der Waals surface area contributed by atoms with E-state index >= 15 is 0 Å². The van der Waals surface area contributed by atoms with Gasteiger partial charge in [-0.15, -0.1) is 13.2 Å². The third-order valence-corrected chi connectivity index (χ3v) is 2.28. The zero-order chi connectivity index (χ0) is 12.3. The molecule has 4 nitrogen and oxygen atoms in total. The zero-order valence-electron chi connectivity index (χ0n) is 8.01. The Hall–Kier alpha value is -0.770. The van der Waals surface area contributed by atoms with E-state index in [9.17, 15) is 13.2 Å². The van der Waals surface area contributed by atoms with Crippen LogP contribution >= 0.6 is 22.6 Å². The van der Waals surface area contributed by atoms with Crippen molar-refractivity contribution in [1.29, 1.82) is 0 Å². The maximum atomic E-state index is 12.1. The van der Waals surface area contributed by atoms with E-state index in [1.807, 2.05) is 0 Å². The van der Waals surface area contributed by atoms with Gasteiger partial charge in [-0.25, -0.2) is 4.98 Å². The Kier molecular flexibility index (Phi) is 4.19. The summed E-state index contributed by atoms with van der Waals surface area (Å²) in [5.74, 6) is -0.631. The molecule has 0 aliphatic heterocycles. The Labute approximate surface area is 103 Å². The fourth-order valence-corrected chi connectivity index (χ4v) is 1.65. The van der Waals surface area contributed by atoms with Gasteiger partial charge in [0.1, 0.15) is 3.70 Å². The topological polar surface area (TPSA) is 51.6 Å². The van der Waals surface area contributed by atoms with Crippen LogP contribution in [0, 0.1) is 3.70 Å². The number of alkyl halides is 3. The number of hydrogen-bond donors (Lipinski definition) is 1. The summed E-state index contributed by atoms with van der Waals surface area (Å²) >= 11 is 1.57. The molecule has 0 spiro atoms. The molecule has 8 heteroatoms. The Morgan fingerprint density at radius 1 is 1.50 bits per heavy atom. The molecule has 1 heterocycles. The Morgan fingerprint density at radius 3 is 2.56 bits per heavy atom. The molecule has 0 aliphatic rings. The summed E-state index contributed by atoms with van der Waals surface area (Å²) in [6, 6.07) is 1.18. The van der Waals surface area contributed by atoms with Gasteiger partial charge in [0.2, 0.25) is 5.75 Å². The number of halogens is 4. The molecule has 0 aliphatic carbocycles. The minimum Gasteiger partial charge on any atom is -0.493 e. The van der Waals surface area contributed by atoms with E-state index in [4.69, 9.17) is 9.84 Å². The van der Waals surface area contributed by atoms with Crippen LogP contribution in [0.1, 0.15) is 5.69 Å². The number of ether oxygens (including phenoxy) is 2. The fraction of sp³-hybridized carbons (Fsp3) is 0.375. The van der Waals surface area contributed by atoms with Gasteiger partial charge in [0.05, 0.1) is 19.4 Å². The van der Waals surface area contributed by atoms with Crippen molar-refractivity contribution in [2.75, 3.05) is 7.11 Å². The zero-order valence-corrected chi connectivity index (χ0v) is 10.2. The Bertz CT molecular complexity index is 384. The van der Waals surface area contributed by atoms with Crippen LogP contribution in [-0.2, 0) is 6.61 Å². The van der Waals surface area contributed by atoms with Gasteiger partial charge < -0.3 is 14.6 Å². The van der Waals surface area contributed by atoms with Crippen molar-refractivity contribution in [3.05, 3.63) is 15.5 Å². The normalized spacial score (nSPS) is 11.4. The summed E-state index contributed by atoms with van der Waals surface area (Å²) in [7, 11) is 1.20. The molecular formula is C8H7F3INO3. The average molecular weight is 349 g/mol. The van der Waals surface area contributed by atoms with Crippen LogP contribution in [0.5, 0.6) is 11.5 Å². The first-order valence-corrected chi connectivity index (χ1v) is 5.05. The van der Waals surface area contributed by atoms with Gasteiger partial charge in [0, 0.05) is 6.07 Å². The van der Waals surface area contributed by atoms with Crippen LogP contribution in [0.3, 0.4) is 0 Å².